The number of sulfonamides is 1. The zero-order valence-corrected chi connectivity index (χ0v) is 19.6. The van der Waals surface area contributed by atoms with E-state index in [4.69, 9.17) is 12.2 Å². The van der Waals surface area contributed by atoms with Crippen LogP contribution >= 0.6 is 23.6 Å². The number of thiophene rings is 1. The van der Waals surface area contributed by atoms with Crippen molar-refractivity contribution in [1.82, 2.24) is 24.0 Å². The molecule has 1 aliphatic heterocycles. The minimum absolute atomic E-state index is 0.0130. The Morgan fingerprint density at radius 3 is 2.59 bits per heavy atom. The Labute approximate surface area is 194 Å². The Morgan fingerprint density at radius 1 is 1.22 bits per heavy atom. The van der Waals surface area contributed by atoms with E-state index in [0.29, 0.717) is 10.6 Å². The Hall–Kier alpha value is -2.85. The first-order valence-electron chi connectivity index (χ1n) is 9.83. The number of carbonyl (C=O) groups excluding carboxylic acids is 1. The van der Waals surface area contributed by atoms with Crippen molar-refractivity contribution in [3.63, 3.8) is 0 Å². The second kappa shape index (κ2) is 8.95. The third-order valence-electron chi connectivity index (χ3n) is 5.37. The number of hydrogen-bond donors (Lipinski definition) is 1. The molecule has 1 amide bonds. The Morgan fingerprint density at radius 2 is 1.94 bits per heavy atom. The molecule has 1 atom stereocenters. The molecule has 0 saturated carbocycles. The van der Waals surface area contributed by atoms with E-state index in [1.807, 2.05) is 23.6 Å². The SMILES string of the molecule is CC(C(=O)N1CCN(S(=O)(=O)c2ccccc2C#N)CC1)n1c(-c2cccs2)n[nH]c1=S. The van der Waals surface area contributed by atoms with Gasteiger partial charge in [0, 0.05) is 26.2 Å². The quantitative estimate of drug-likeness (QED) is 0.552. The van der Waals surface area contributed by atoms with Crippen LogP contribution in [0.25, 0.3) is 10.7 Å². The average Bonchev–Trinajstić information content (AvgIpc) is 3.48. The zero-order chi connectivity index (χ0) is 22.9. The molecule has 0 bridgehead atoms. The van der Waals surface area contributed by atoms with Crippen molar-refractivity contribution in [1.29, 1.82) is 5.26 Å². The number of nitrogens with zero attached hydrogens (tertiary/aromatic N) is 5. The van der Waals surface area contributed by atoms with E-state index < -0.39 is 16.1 Å². The number of benzene rings is 1. The molecule has 166 valence electrons. The maximum atomic E-state index is 13.2. The van der Waals surface area contributed by atoms with E-state index in [-0.39, 0.29) is 42.5 Å². The number of aromatic nitrogens is 3. The lowest BCUT2D eigenvalue weighted by atomic mass is 10.2. The van der Waals surface area contributed by atoms with Gasteiger partial charge < -0.3 is 4.90 Å². The normalized spacial score (nSPS) is 15.9. The molecule has 1 aliphatic rings. The summed E-state index contributed by atoms with van der Waals surface area (Å²) in [5, 5.41) is 18.2. The minimum Gasteiger partial charge on any atom is -0.338 e. The molecule has 12 heteroatoms. The van der Waals surface area contributed by atoms with Gasteiger partial charge in [0.25, 0.3) is 0 Å². The van der Waals surface area contributed by atoms with Crippen LogP contribution < -0.4 is 0 Å². The molecule has 4 rings (SSSR count). The summed E-state index contributed by atoms with van der Waals surface area (Å²) >= 11 is 6.86. The van der Waals surface area contributed by atoms with Gasteiger partial charge >= 0.3 is 0 Å². The molecule has 3 aromatic rings. The molecule has 32 heavy (non-hydrogen) atoms. The molecule has 0 spiro atoms. The van der Waals surface area contributed by atoms with Crippen LogP contribution in [-0.2, 0) is 14.8 Å². The van der Waals surface area contributed by atoms with Gasteiger partial charge in [-0.25, -0.2) is 8.42 Å². The molecule has 1 saturated heterocycles. The van der Waals surface area contributed by atoms with Gasteiger partial charge in [0.1, 0.15) is 12.1 Å². The molecule has 3 heterocycles. The van der Waals surface area contributed by atoms with Crippen LogP contribution in [0.3, 0.4) is 0 Å². The van der Waals surface area contributed by atoms with Gasteiger partial charge in [-0.3, -0.25) is 14.5 Å². The smallest absolute Gasteiger partial charge is 0.245 e. The van der Waals surface area contributed by atoms with Crippen molar-refractivity contribution in [2.45, 2.75) is 17.9 Å². The van der Waals surface area contributed by atoms with Crippen LogP contribution in [0.5, 0.6) is 0 Å². The average molecular weight is 489 g/mol. The van der Waals surface area contributed by atoms with Crippen molar-refractivity contribution in [2.75, 3.05) is 26.2 Å². The van der Waals surface area contributed by atoms with Crippen LogP contribution in [0.1, 0.15) is 18.5 Å². The molecular formula is C20H20N6O3S3. The topological polar surface area (TPSA) is 115 Å². The van der Waals surface area contributed by atoms with Gasteiger partial charge in [-0.2, -0.15) is 14.7 Å². The summed E-state index contributed by atoms with van der Waals surface area (Å²) in [7, 11) is -3.82. The molecule has 0 radical (unpaired) electrons. The third-order valence-corrected chi connectivity index (χ3v) is 8.48. The van der Waals surface area contributed by atoms with Crippen LogP contribution in [0.15, 0.2) is 46.7 Å². The number of H-pyrrole nitrogens is 1. The number of rotatable bonds is 5. The predicted octanol–water partition coefficient (Wildman–Crippen LogP) is 2.63. The molecule has 1 fully saturated rings. The fraction of sp³-hybridized carbons (Fsp3) is 0.300. The second-order valence-corrected chi connectivity index (χ2v) is 10.5. The number of hydrogen-bond acceptors (Lipinski definition) is 7. The number of aromatic amines is 1. The largest absolute Gasteiger partial charge is 0.338 e. The number of piperazine rings is 1. The van der Waals surface area contributed by atoms with E-state index in [2.05, 4.69) is 10.2 Å². The van der Waals surface area contributed by atoms with Gasteiger partial charge in [0.15, 0.2) is 10.6 Å². The maximum absolute atomic E-state index is 13.2. The highest BCUT2D eigenvalue weighted by molar-refractivity contribution is 7.89. The van der Waals surface area contributed by atoms with E-state index >= 15 is 0 Å². The standard InChI is InChI=1S/C20H20N6O3S3/c1-14(26-18(22-23-20(26)30)16-6-4-12-31-16)19(27)24-8-10-25(11-9-24)32(28,29)17-7-3-2-5-15(17)13-21/h2-7,12,14H,8-11H2,1H3,(H,23,30). The van der Waals surface area contributed by atoms with E-state index in [0.717, 1.165) is 4.88 Å². The lowest BCUT2D eigenvalue weighted by Crippen LogP contribution is -2.51. The molecule has 1 N–H and O–H groups in total. The minimum atomic E-state index is -3.82. The second-order valence-electron chi connectivity index (χ2n) is 7.21. The Kier molecular flexibility index (Phi) is 6.25. The molecular weight excluding hydrogens is 468 g/mol. The summed E-state index contributed by atoms with van der Waals surface area (Å²) in [4.78, 5) is 15.7. The molecule has 9 nitrogen and oxygen atoms in total. The van der Waals surface area contributed by atoms with Gasteiger partial charge in [-0.1, -0.05) is 18.2 Å². The van der Waals surface area contributed by atoms with Gasteiger partial charge in [-0.15, -0.1) is 11.3 Å². The molecule has 0 aliphatic carbocycles. The summed E-state index contributed by atoms with van der Waals surface area (Å²) < 4.78 is 29.4. The van der Waals surface area contributed by atoms with E-state index in [1.54, 1.807) is 28.5 Å². The van der Waals surface area contributed by atoms with Crippen molar-refractivity contribution >= 4 is 39.5 Å². The van der Waals surface area contributed by atoms with Crippen molar-refractivity contribution < 1.29 is 13.2 Å². The molecule has 1 unspecified atom stereocenters. The van der Waals surface area contributed by atoms with E-state index in [1.165, 1.54) is 27.8 Å². The highest BCUT2D eigenvalue weighted by Crippen LogP contribution is 2.27. The van der Waals surface area contributed by atoms with E-state index in [9.17, 15) is 18.5 Å². The Bertz CT molecular complexity index is 1330. The first-order chi connectivity index (χ1) is 15.3. The third kappa shape index (κ3) is 4.00. The van der Waals surface area contributed by atoms with Gasteiger partial charge in [0.2, 0.25) is 15.9 Å². The highest BCUT2D eigenvalue weighted by Gasteiger charge is 2.33. The lowest BCUT2D eigenvalue weighted by Gasteiger charge is -2.35. The van der Waals surface area contributed by atoms with Crippen molar-refractivity contribution in [2.24, 2.45) is 0 Å². The number of nitriles is 1. The first-order valence-corrected chi connectivity index (χ1v) is 12.6. The summed E-state index contributed by atoms with van der Waals surface area (Å²) in [6.45, 7) is 2.55. The predicted molar refractivity (Wildman–Crippen MR) is 122 cm³/mol. The van der Waals surface area contributed by atoms with Crippen LogP contribution in [0, 0.1) is 16.1 Å². The van der Waals surface area contributed by atoms with Gasteiger partial charge in [-0.05, 0) is 42.7 Å². The van der Waals surface area contributed by atoms with Crippen molar-refractivity contribution in [3.05, 3.63) is 52.1 Å². The number of amides is 1. The fourth-order valence-electron chi connectivity index (χ4n) is 3.69. The monoisotopic (exact) mass is 488 g/mol. The molecule has 2 aromatic heterocycles. The Balaban J connectivity index is 1.50. The summed E-state index contributed by atoms with van der Waals surface area (Å²) in [6.07, 6.45) is 0. The number of nitrogens with one attached hydrogen (secondary N) is 1. The van der Waals surface area contributed by atoms with Crippen LogP contribution in [0.2, 0.25) is 0 Å². The van der Waals surface area contributed by atoms with Crippen LogP contribution in [-0.4, -0.2) is 64.5 Å². The summed E-state index contributed by atoms with van der Waals surface area (Å²) in [5.41, 5.74) is 0.107. The lowest BCUT2D eigenvalue weighted by molar-refractivity contribution is -0.135. The number of carbonyl (C=O) groups is 1. The molecule has 1 aromatic carbocycles. The fourth-order valence-corrected chi connectivity index (χ4v) is 6.25. The van der Waals surface area contributed by atoms with Crippen LogP contribution in [0.4, 0.5) is 0 Å². The summed E-state index contributed by atoms with van der Waals surface area (Å²) in [5.74, 6) is 0.440. The maximum Gasteiger partial charge on any atom is 0.245 e. The highest BCUT2D eigenvalue weighted by atomic mass is 32.2. The van der Waals surface area contributed by atoms with Gasteiger partial charge in [0.05, 0.1) is 15.3 Å². The zero-order valence-electron chi connectivity index (χ0n) is 17.1. The first kappa shape index (κ1) is 22.3. The van der Waals surface area contributed by atoms with Crippen molar-refractivity contribution in [3.8, 4) is 16.8 Å². The summed E-state index contributed by atoms with van der Waals surface area (Å²) in [6, 6.07) is 11.3.